The van der Waals surface area contributed by atoms with Gasteiger partial charge in [0.05, 0.1) is 10.6 Å². The third-order valence-corrected chi connectivity index (χ3v) is 2.66. The van der Waals surface area contributed by atoms with Crippen molar-refractivity contribution in [2.75, 3.05) is 0 Å². The summed E-state index contributed by atoms with van der Waals surface area (Å²) in [5.41, 5.74) is 0.0928. The molecule has 98 valence electrons. The largest absolute Gasteiger partial charge is 0.510 e. The number of hydrogen-bond acceptors (Lipinski definition) is 6. The fourth-order valence-electron chi connectivity index (χ4n) is 1.70. The first-order valence-electron chi connectivity index (χ1n) is 5.69. The lowest BCUT2D eigenvalue weighted by molar-refractivity contribution is -0.384. The van der Waals surface area contributed by atoms with Gasteiger partial charge in [-0.05, 0) is 12.5 Å². The zero-order valence-electron chi connectivity index (χ0n) is 9.94. The van der Waals surface area contributed by atoms with Gasteiger partial charge in [0.15, 0.2) is 11.5 Å². The van der Waals surface area contributed by atoms with E-state index in [0.29, 0.717) is 19.3 Å². The molecule has 0 saturated carbocycles. The summed E-state index contributed by atoms with van der Waals surface area (Å²) in [6.45, 7) is 0. The van der Waals surface area contributed by atoms with Crippen LogP contribution in [0.25, 0.3) is 0 Å². The molecule has 1 aromatic carbocycles. The third-order valence-electron chi connectivity index (χ3n) is 2.66. The van der Waals surface area contributed by atoms with Gasteiger partial charge in [-0.15, -0.1) is 5.11 Å². The van der Waals surface area contributed by atoms with E-state index in [2.05, 4.69) is 10.2 Å². The number of nitro benzene ring substituents is 1. The van der Waals surface area contributed by atoms with Gasteiger partial charge in [-0.1, -0.05) is 6.07 Å². The van der Waals surface area contributed by atoms with E-state index in [9.17, 15) is 20.0 Å². The topological polar surface area (TPSA) is 105 Å². The van der Waals surface area contributed by atoms with Crippen molar-refractivity contribution in [3.8, 4) is 0 Å². The Morgan fingerprint density at radius 3 is 2.74 bits per heavy atom. The maximum atomic E-state index is 11.5. The van der Waals surface area contributed by atoms with Gasteiger partial charge in [-0.2, -0.15) is 5.11 Å². The fourth-order valence-corrected chi connectivity index (χ4v) is 1.70. The second-order valence-corrected chi connectivity index (χ2v) is 4.05. The Kier molecular flexibility index (Phi) is 3.65. The third kappa shape index (κ3) is 3.01. The molecule has 1 aromatic rings. The summed E-state index contributed by atoms with van der Waals surface area (Å²) in [4.78, 5) is 21.6. The van der Waals surface area contributed by atoms with Crippen LogP contribution in [0.3, 0.4) is 0 Å². The smallest absolute Gasteiger partial charge is 0.271 e. The van der Waals surface area contributed by atoms with Crippen LogP contribution in [0.1, 0.15) is 19.3 Å². The average molecular weight is 261 g/mol. The normalized spacial score (nSPS) is 16.1. The molecule has 19 heavy (non-hydrogen) atoms. The molecule has 0 unspecified atom stereocenters. The molecule has 0 spiro atoms. The van der Waals surface area contributed by atoms with Gasteiger partial charge < -0.3 is 5.11 Å². The van der Waals surface area contributed by atoms with E-state index >= 15 is 0 Å². The minimum absolute atomic E-state index is 0.0576. The number of carbonyl (C=O) groups excluding carboxylic acids is 1. The Morgan fingerprint density at radius 2 is 2.05 bits per heavy atom. The van der Waals surface area contributed by atoms with Gasteiger partial charge in [0.1, 0.15) is 5.76 Å². The van der Waals surface area contributed by atoms with E-state index in [1.807, 2.05) is 0 Å². The van der Waals surface area contributed by atoms with Gasteiger partial charge >= 0.3 is 0 Å². The highest BCUT2D eigenvalue weighted by Crippen LogP contribution is 2.24. The number of benzene rings is 1. The molecule has 0 aliphatic heterocycles. The van der Waals surface area contributed by atoms with Crippen LogP contribution < -0.4 is 0 Å². The maximum absolute atomic E-state index is 11.5. The van der Waals surface area contributed by atoms with Crippen LogP contribution in [0.15, 0.2) is 46.0 Å². The standard InChI is InChI=1S/C12H11N3O4/c16-10-5-2-6-11(17)12(10)14-13-8-3-1-4-9(7-8)15(18)19/h1,3-4,7,16H,2,5-6H2. The van der Waals surface area contributed by atoms with E-state index in [1.165, 1.54) is 24.3 Å². The highest BCUT2D eigenvalue weighted by atomic mass is 16.6. The van der Waals surface area contributed by atoms with E-state index < -0.39 is 4.92 Å². The molecule has 7 nitrogen and oxygen atoms in total. The number of non-ortho nitro benzene ring substituents is 1. The van der Waals surface area contributed by atoms with Crippen LogP contribution in [0.5, 0.6) is 0 Å². The molecular formula is C12H11N3O4. The number of Topliss-reactive ketones (excluding diaryl/α,β-unsaturated/α-hetero) is 1. The van der Waals surface area contributed by atoms with Crippen molar-refractivity contribution in [1.82, 2.24) is 0 Å². The van der Waals surface area contributed by atoms with E-state index in [1.54, 1.807) is 0 Å². The van der Waals surface area contributed by atoms with Crippen LogP contribution in [0, 0.1) is 10.1 Å². The monoisotopic (exact) mass is 261 g/mol. The number of ketones is 1. The molecule has 0 saturated heterocycles. The van der Waals surface area contributed by atoms with Gasteiger partial charge in [0.2, 0.25) is 0 Å². The average Bonchev–Trinajstić information content (AvgIpc) is 2.38. The highest BCUT2D eigenvalue weighted by molar-refractivity contribution is 5.96. The number of carbonyl (C=O) groups is 1. The van der Waals surface area contributed by atoms with Gasteiger partial charge in [0, 0.05) is 25.0 Å². The molecular weight excluding hydrogens is 250 g/mol. The maximum Gasteiger partial charge on any atom is 0.271 e. The van der Waals surface area contributed by atoms with Crippen molar-refractivity contribution < 1.29 is 14.8 Å². The van der Waals surface area contributed by atoms with Crippen molar-refractivity contribution in [2.24, 2.45) is 10.2 Å². The molecule has 0 amide bonds. The predicted molar refractivity (Wildman–Crippen MR) is 66.1 cm³/mol. The second kappa shape index (κ2) is 5.38. The molecule has 0 atom stereocenters. The van der Waals surface area contributed by atoms with Crippen molar-refractivity contribution in [2.45, 2.75) is 19.3 Å². The molecule has 0 bridgehead atoms. The molecule has 2 rings (SSSR count). The summed E-state index contributed by atoms with van der Waals surface area (Å²) < 4.78 is 0. The summed E-state index contributed by atoms with van der Waals surface area (Å²) in [6.07, 6.45) is 1.32. The van der Waals surface area contributed by atoms with Crippen molar-refractivity contribution in [3.05, 3.63) is 45.8 Å². The van der Waals surface area contributed by atoms with Crippen LogP contribution in [-0.4, -0.2) is 15.8 Å². The number of aliphatic hydroxyl groups excluding tert-OH is 1. The lowest BCUT2D eigenvalue weighted by Gasteiger charge is -2.09. The Bertz CT molecular complexity index is 592. The summed E-state index contributed by atoms with van der Waals surface area (Å²) >= 11 is 0. The Balaban J connectivity index is 2.25. The van der Waals surface area contributed by atoms with Crippen molar-refractivity contribution >= 4 is 17.2 Å². The number of hydrogen-bond donors (Lipinski definition) is 1. The van der Waals surface area contributed by atoms with Crippen LogP contribution in [0.4, 0.5) is 11.4 Å². The van der Waals surface area contributed by atoms with Gasteiger partial charge in [-0.3, -0.25) is 14.9 Å². The number of nitro groups is 1. The minimum Gasteiger partial charge on any atom is -0.510 e. The number of allylic oxidation sites excluding steroid dienone is 2. The quantitative estimate of drug-likeness (QED) is 0.512. The van der Waals surface area contributed by atoms with Crippen molar-refractivity contribution in [3.63, 3.8) is 0 Å². The van der Waals surface area contributed by atoms with E-state index in [-0.39, 0.29) is 28.6 Å². The summed E-state index contributed by atoms with van der Waals surface area (Å²) in [7, 11) is 0. The van der Waals surface area contributed by atoms with Crippen LogP contribution >= 0.6 is 0 Å². The number of aliphatic hydroxyl groups is 1. The molecule has 0 aromatic heterocycles. The first kappa shape index (κ1) is 12.9. The number of azo groups is 1. The molecule has 7 heteroatoms. The number of rotatable bonds is 3. The van der Waals surface area contributed by atoms with Crippen LogP contribution in [0.2, 0.25) is 0 Å². The lowest BCUT2D eigenvalue weighted by atomic mass is 10.0. The lowest BCUT2D eigenvalue weighted by Crippen LogP contribution is -2.09. The molecule has 0 radical (unpaired) electrons. The zero-order chi connectivity index (χ0) is 13.8. The summed E-state index contributed by atoms with van der Waals surface area (Å²) in [5, 5.41) is 27.6. The van der Waals surface area contributed by atoms with E-state index in [4.69, 9.17) is 0 Å². The zero-order valence-corrected chi connectivity index (χ0v) is 9.94. The highest BCUT2D eigenvalue weighted by Gasteiger charge is 2.20. The number of nitrogens with zero attached hydrogens (tertiary/aromatic N) is 3. The Hall–Kier alpha value is -2.57. The van der Waals surface area contributed by atoms with Gasteiger partial charge in [0.25, 0.3) is 5.69 Å². The summed E-state index contributed by atoms with van der Waals surface area (Å²) in [5.74, 6) is -0.344. The molecule has 0 fully saturated rings. The van der Waals surface area contributed by atoms with E-state index in [0.717, 1.165) is 0 Å². The van der Waals surface area contributed by atoms with Crippen LogP contribution in [-0.2, 0) is 4.79 Å². The predicted octanol–water partition coefficient (Wildman–Crippen LogP) is 3.20. The second-order valence-electron chi connectivity index (χ2n) is 4.05. The Labute approximate surface area is 108 Å². The summed E-state index contributed by atoms with van der Waals surface area (Å²) in [6, 6.07) is 5.58. The molecule has 1 aliphatic rings. The molecule has 1 aliphatic carbocycles. The first-order chi connectivity index (χ1) is 9.08. The minimum atomic E-state index is -0.540. The van der Waals surface area contributed by atoms with Crippen molar-refractivity contribution in [1.29, 1.82) is 0 Å². The SMILES string of the molecule is O=C1CCCC(O)=C1N=Nc1cccc([N+](=O)[O-])c1. The molecule has 1 N–H and O–H groups in total. The molecule has 0 heterocycles. The first-order valence-corrected chi connectivity index (χ1v) is 5.69. The fraction of sp³-hybridized carbons (Fsp3) is 0.250. The van der Waals surface area contributed by atoms with Gasteiger partial charge in [-0.25, -0.2) is 0 Å². The Morgan fingerprint density at radius 1 is 1.26 bits per heavy atom.